The van der Waals surface area contributed by atoms with E-state index in [0.717, 1.165) is 0 Å². The van der Waals surface area contributed by atoms with E-state index < -0.39 is 23.3 Å². The summed E-state index contributed by atoms with van der Waals surface area (Å²) in [6.07, 6.45) is -0.628. The van der Waals surface area contributed by atoms with Crippen molar-refractivity contribution in [2.75, 3.05) is 6.54 Å². The second-order valence-corrected chi connectivity index (χ2v) is 7.05. The summed E-state index contributed by atoms with van der Waals surface area (Å²) >= 11 is 0. The normalized spacial score (nSPS) is 15.1. The third kappa shape index (κ3) is 5.44. The number of alkyl carbamates (subject to hydrolysis) is 1. The molecule has 2 atom stereocenters. The Morgan fingerprint density at radius 2 is 1.92 bits per heavy atom. The zero-order valence-electron chi connectivity index (χ0n) is 14.9. The van der Waals surface area contributed by atoms with Crippen molar-refractivity contribution in [3.63, 3.8) is 0 Å². The molecule has 0 aliphatic carbocycles. The van der Waals surface area contributed by atoms with Gasteiger partial charge in [-0.1, -0.05) is 49.3 Å². The van der Waals surface area contributed by atoms with Crippen molar-refractivity contribution < 1.29 is 14.6 Å². The monoisotopic (exact) mass is 334 g/mol. The van der Waals surface area contributed by atoms with Crippen molar-refractivity contribution in [3.8, 4) is 0 Å². The predicted molar refractivity (Wildman–Crippen MR) is 92.3 cm³/mol. The van der Waals surface area contributed by atoms with Crippen LogP contribution in [0.2, 0.25) is 0 Å². The number of aliphatic hydroxyl groups is 1. The van der Waals surface area contributed by atoms with E-state index in [1.165, 1.54) is 0 Å². The summed E-state index contributed by atoms with van der Waals surface area (Å²) < 4.78 is 5.29. The number of azide groups is 1. The molecule has 0 saturated carbocycles. The summed E-state index contributed by atoms with van der Waals surface area (Å²) in [7, 11) is 0. The molecule has 0 fully saturated rings. The predicted octanol–water partition coefficient (Wildman–Crippen LogP) is 3.73. The van der Waals surface area contributed by atoms with Crippen molar-refractivity contribution in [2.45, 2.75) is 51.9 Å². The molecule has 1 aromatic carbocycles. The van der Waals surface area contributed by atoms with Crippen LogP contribution in [0, 0.1) is 5.92 Å². The molecule has 7 heteroatoms. The number of carbonyl (C=O) groups is 1. The number of hydrogen-bond acceptors (Lipinski definition) is 4. The van der Waals surface area contributed by atoms with Gasteiger partial charge in [0.25, 0.3) is 0 Å². The van der Waals surface area contributed by atoms with Crippen LogP contribution in [0.15, 0.2) is 35.4 Å². The minimum Gasteiger partial charge on any atom is -0.444 e. The van der Waals surface area contributed by atoms with Gasteiger partial charge in [0.2, 0.25) is 0 Å². The molecule has 1 rings (SSSR count). The van der Waals surface area contributed by atoms with Crippen LogP contribution in [-0.4, -0.2) is 29.4 Å². The number of carbonyl (C=O) groups excluding carboxylic acids is 1. The van der Waals surface area contributed by atoms with Crippen LogP contribution in [0.25, 0.3) is 10.4 Å². The van der Waals surface area contributed by atoms with E-state index in [4.69, 9.17) is 10.3 Å². The molecule has 1 aromatic rings. The Balaban J connectivity index is 3.19. The van der Waals surface area contributed by atoms with E-state index in [1.807, 2.05) is 19.9 Å². The lowest BCUT2D eigenvalue weighted by molar-refractivity contribution is -0.0185. The van der Waals surface area contributed by atoms with Gasteiger partial charge in [0.05, 0.1) is 12.6 Å². The molecule has 132 valence electrons. The highest BCUT2D eigenvalue weighted by molar-refractivity contribution is 5.68. The summed E-state index contributed by atoms with van der Waals surface area (Å²) in [5.74, 6) is -0.128. The van der Waals surface area contributed by atoms with Gasteiger partial charge in [-0.05, 0) is 37.8 Å². The van der Waals surface area contributed by atoms with Crippen LogP contribution >= 0.6 is 0 Å². The number of ether oxygens (including phenoxy) is 1. The largest absolute Gasteiger partial charge is 0.444 e. The van der Waals surface area contributed by atoms with Crippen molar-refractivity contribution in [1.82, 2.24) is 5.32 Å². The van der Waals surface area contributed by atoms with Gasteiger partial charge in [-0.15, -0.1) is 0 Å². The van der Waals surface area contributed by atoms with Crippen LogP contribution in [0.1, 0.15) is 40.2 Å². The fourth-order valence-electron chi connectivity index (χ4n) is 2.51. The summed E-state index contributed by atoms with van der Waals surface area (Å²) in [5.41, 5.74) is 7.03. The third-order valence-electron chi connectivity index (χ3n) is 3.50. The van der Waals surface area contributed by atoms with Crippen LogP contribution in [0.4, 0.5) is 4.79 Å². The Kier molecular flexibility index (Phi) is 6.63. The molecule has 0 saturated heterocycles. The first-order valence-corrected chi connectivity index (χ1v) is 7.88. The zero-order chi connectivity index (χ0) is 18.4. The fourth-order valence-corrected chi connectivity index (χ4v) is 2.51. The summed E-state index contributed by atoms with van der Waals surface area (Å²) in [5, 5.41) is 17.5. The van der Waals surface area contributed by atoms with E-state index in [1.54, 1.807) is 45.0 Å². The minimum absolute atomic E-state index is 0.128. The van der Waals surface area contributed by atoms with Crippen molar-refractivity contribution in [1.29, 1.82) is 0 Å². The van der Waals surface area contributed by atoms with Gasteiger partial charge in [-0.3, -0.25) is 0 Å². The van der Waals surface area contributed by atoms with Gasteiger partial charge < -0.3 is 15.2 Å². The van der Waals surface area contributed by atoms with Crippen LogP contribution < -0.4 is 5.32 Å². The number of nitrogens with one attached hydrogen (secondary N) is 1. The minimum atomic E-state index is -1.54. The van der Waals surface area contributed by atoms with Crippen LogP contribution in [-0.2, 0) is 10.3 Å². The lowest BCUT2D eigenvalue weighted by Crippen LogP contribution is -2.56. The number of hydrogen-bond donors (Lipinski definition) is 2. The molecule has 24 heavy (non-hydrogen) atoms. The average Bonchev–Trinajstić information content (AvgIpc) is 2.49. The Morgan fingerprint density at radius 1 is 1.33 bits per heavy atom. The van der Waals surface area contributed by atoms with Gasteiger partial charge >= 0.3 is 6.09 Å². The molecular weight excluding hydrogens is 308 g/mol. The zero-order valence-corrected chi connectivity index (χ0v) is 14.9. The van der Waals surface area contributed by atoms with Gasteiger partial charge in [0.1, 0.15) is 11.2 Å². The first-order valence-electron chi connectivity index (χ1n) is 7.88. The van der Waals surface area contributed by atoms with Gasteiger partial charge in [0, 0.05) is 4.91 Å². The lowest BCUT2D eigenvalue weighted by atomic mass is 9.80. The van der Waals surface area contributed by atoms with Crippen LogP contribution in [0.5, 0.6) is 0 Å². The first kappa shape index (κ1) is 19.8. The van der Waals surface area contributed by atoms with Gasteiger partial charge in [-0.25, -0.2) is 4.79 Å². The molecule has 0 aliphatic rings. The topological polar surface area (TPSA) is 107 Å². The molecule has 7 nitrogen and oxygen atoms in total. The maximum atomic E-state index is 12.2. The Bertz CT molecular complexity index is 592. The lowest BCUT2D eigenvalue weighted by Gasteiger charge is -2.38. The van der Waals surface area contributed by atoms with E-state index in [0.29, 0.717) is 5.56 Å². The number of benzene rings is 1. The Morgan fingerprint density at radius 3 is 2.38 bits per heavy atom. The standard InChI is InChI=1S/C17H26N4O3/c1-12(2)14(20-15(22)24-16(3,4)5)17(23,11-19-21-18)13-9-7-6-8-10-13/h6-10,12,14,23H,11H2,1-5H3,(H,20,22)/t14-,17-/m1/s1. The van der Waals surface area contributed by atoms with Gasteiger partial charge in [-0.2, -0.15) is 0 Å². The molecular formula is C17H26N4O3. The quantitative estimate of drug-likeness (QED) is 0.470. The number of rotatable bonds is 6. The maximum absolute atomic E-state index is 12.2. The summed E-state index contributed by atoms with van der Waals surface area (Å²) in [6, 6.07) is 8.16. The van der Waals surface area contributed by atoms with E-state index >= 15 is 0 Å². The highest BCUT2D eigenvalue weighted by Crippen LogP contribution is 2.30. The second kappa shape index (κ2) is 8.04. The SMILES string of the molecule is CC(C)[C@@H](NC(=O)OC(C)(C)C)[C@@](O)(CN=[N+]=[N-])c1ccccc1. The van der Waals surface area contributed by atoms with Gasteiger partial charge in [0.15, 0.2) is 0 Å². The molecule has 1 amide bonds. The van der Waals surface area contributed by atoms with Crippen LogP contribution in [0.3, 0.4) is 0 Å². The average molecular weight is 334 g/mol. The maximum Gasteiger partial charge on any atom is 0.407 e. The molecule has 0 aliphatic heterocycles. The van der Waals surface area contributed by atoms with Crippen molar-refractivity contribution in [3.05, 3.63) is 46.3 Å². The molecule has 0 aromatic heterocycles. The van der Waals surface area contributed by atoms with Crippen molar-refractivity contribution >= 4 is 6.09 Å². The summed E-state index contributed by atoms with van der Waals surface area (Å²) in [4.78, 5) is 14.9. The Hall–Kier alpha value is -2.24. The molecule has 0 spiro atoms. The third-order valence-corrected chi connectivity index (χ3v) is 3.50. The van der Waals surface area contributed by atoms with E-state index in [2.05, 4.69) is 15.3 Å². The van der Waals surface area contributed by atoms with E-state index in [-0.39, 0.29) is 12.5 Å². The second-order valence-electron chi connectivity index (χ2n) is 7.05. The smallest absolute Gasteiger partial charge is 0.407 e. The van der Waals surface area contributed by atoms with E-state index in [9.17, 15) is 9.90 Å². The molecule has 0 bridgehead atoms. The molecule has 2 N–H and O–H groups in total. The van der Waals surface area contributed by atoms with Crippen molar-refractivity contribution in [2.24, 2.45) is 11.0 Å². The molecule has 0 unspecified atom stereocenters. The first-order chi connectivity index (χ1) is 11.1. The number of nitrogens with zero attached hydrogens (tertiary/aromatic N) is 3. The fraction of sp³-hybridized carbons (Fsp3) is 0.588. The highest BCUT2D eigenvalue weighted by Gasteiger charge is 2.41. The molecule has 0 radical (unpaired) electrons. The number of amides is 1. The Labute approximate surface area is 142 Å². The molecule has 0 heterocycles. The highest BCUT2D eigenvalue weighted by atomic mass is 16.6. The summed E-state index contributed by atoms with van der Waals surface area (Å²) in [6.45, 7) is 8.82.